The Labute approximate surface area is 122 Å². The van der Waals surface area contributed by atoms with E-state index >= 15 is 0 Å². The minimum absolute atomic E-state index is 1.09. The van der Waals surface area contributed by atoms with E-state index in [2.05, 4.69) is 59.6 Å². The van der Waals surface area contributed by atoms with Gasteiger partial charge in [0.25, 0.3) is 0 Å². The molecule has 0 fully saturated rings. The number of aromatic nitrogens is 1. The van der Waals surface area contributed by atoms with E-state index in [1.165, 1.54) is 15.8 Å². The van der Waals surface area contributed by atoms with Crippen LogP contribution in [0.15, 0.2) is 60.7 Å². The Morgan fingerprint density at radius 1 is 0.900 bits per heavy atom. The molecule has 0 aliphatic heterocycles. The van der Waals surface area contributed by atoms with Gasteiger partial charge >= 0.3 is 0 Å². The normalized spacial score (nSPS) is 11.8. The molecular formula is C18H15NS. The van der Waals surface area contributed by atoms with E-state index in [1.807, 2.05) is 25.1 Å². The van der Waals surface area contributed by atoms with Gasteiger partial charge in [0.1, 0.15) is 0 Å². The molecule has 3 aromatic rings. The van der Waals surface area contributed by atoms with Crippen LogP contribution in [0.1, 0.15) is 16.1 Å². The Morgan fingerprint density at radius 3 is 2.45 bits per heavy atom. The van der Waals surface area contributed by atoms with E-state index in [1.54, 1.807) is 11.3 Å². The summed E-state index contributed by atoms with van der Waals surface area (Å²) >= 11 is 1.74. The first-order valence-corrected chi connectivity index (χ1v) is 7.40. The predicted molar refractivity (Wildman–Crippen MR) is 88.9 cm³/mol. The van der Waals surface area contributed by atoms with Gasteiger partial charge in [0.05, 0.1) is 15.2 Å². The van der Waals surface area contributed by atoms with Crippen LogP contribution in [0, 0.1) is 6.92 Å². The van der Waals surface area contributed by atoms with Crippen LogP contribution >= 0.6 is 11.3 Å². The van der Waals surface area contributed by atoms with Crippen molar-refractivity contribution >= 4 is 33.7 Å². The maximum absolute atomic E-state index is 4.47. The summed E-state index contributed by atoms with van der Waals surface area (Å²) in [7, 11) is 0. The van der Waals surface area contributed by atoms with Gasteiger partial charge in [0.15, 0.2) is 0 Å². The number of hydrogen-bond acceptors (Lipinski definition) is 2. The summed E-state index contributed by atoms with van der Waals surface area (Å²) in [6.45, 7) is 2.04. The van der Waals surface area contributed by atoms with E-state index in [0.717, 1.165) is 10.5 Å². The van der Waals surface area contributed by atoms with Crippen LogP contribution in [0.2, 0.25) is 0 Å². The Balaban J connectivity index is 1.75. The highest BCUT2D eigenvalue weighted by molar-refractivity contribution is 7.18. The Bertz CT molecular complexity index is 766. The third-order valence-corrected chi connectivity index (χ3v) is 3.94. The second-order valence-electron chi connectivity index (χ2n) is 4.59. The van der Waals surface area contributed by atoms with E-state index in [9.17, 15) is 0 Å². The summed E-state index contributed by atoms with van der Waals surface area (Å²) in [5.74, 6) is 0. The predicted octanol–water partition coefficient (Wildman–Crippen LogP) is 5.33. The zero-order valence-corrected chi connectivity index (χ0v) is 12.1. The number of rotatable bonds is 3. The number of aryl methyl sites for hydroxylation is 1. The van der Waals surface area contributed by atoms with Gasteiger partial charge in [0, 0.05) is 0 Å². The van der Waals surface area contributed by atoms with Crippen molar-refractivity contribution in [2.75, 3.05) is 0 Å². The van der Waals surface area contributed by atoms with Crippen LogP contribution in [0.3, 0.4) is 0 Å². The van der Waals surface area contributed by atoms with Crippen molar-refractivity contribution in [2.45, 2.75) is 6.92 Å². The molecule has 2 heteroatoms. The number of fused-ring (bicyclic) bond motifs is 1. The lowest BCUT2D eigenvalue weighted by atomic mass is 10.2. The first-order valence-electron chi connectivity index (χ1n) is 6.58. The molecule has 0 saturated carbocycles. The lowest BCUT2D eigenvalue weighted by Crippen LogP contribution is -1.72. The van der Waals surface area contributed by atoms with Crippen LogP contribution in [0.25, 0.3) is 22.4 Å². The molecule has 0 radical (unpaired) electrons. The molecule has 0 amide bonds. The van der Waals surface area contributed by atoms with E-state index in [4.69, 9.17) is 0 Å². The molecule has 3 rings (SSSR count). The van der Waals surface area contributed by atoms with Gasteiger partial charge in [0.2, 0.25) is 0 Å². The fraction of sp³-hybridized carbons (Fsp3) is 0.0556. The lowest BCUT2D eigenvalue weighted by molar-refractivity contribution is 1.35. The van der Waals surface area contributed by atoms with E-state index < -0.39 is 0 Å². The van der Waals surface area contributed by atoms with Crippen molar-refractivity contribution in [2.24, 2.45) is 0 Å². The first-order chi connectivity index (χ1) is 9.81. The average Bonchev–Trinajstić information content (AvgIpc) is 2.84. The van der Waals surface area contributed by atoms with Gasteiger partial charge < -0.3 is 0 Å². The van der Waals surface area contributed by atoms with Crippen molar-refractivity contribution in [3.63, 3.8) is 0 Å². The topological polar surface area (TPSA) is 12.9 Å². The molecule has 0 N–H and O–H groups in total. The summed E-state index contributed by atoms with van der Waals surface area (Å²) in [6.07, 6.45) is 8.36. The number of hydrogen-bond donors (Lipinski definition) is 0. The highest BCUT2D eigenvalue weighted by Gasteiger charge is 1.99. The van der Waals surface area contributed by atoms with Crippen LogP contribution in [-0.4, -0.2) is 4.98 Å². The van der Waals surface area contributed by atoms with E-state index in [0.29, 0.717) is 0 Å². The molecule has 0 spiro atoms. The van der Waals surface area contributed by atoms with Gasteiger partial charge in [-0.2, -0.15) is 0 Å². The maximum atomic E-state index is 4.47. The summed E-state index contributed by atoms with van der Waals surface area (Å²) in [4.78, 5) is 4.47. The Hall–Kier alpha value is -2.19. The average molecular weight is 277 g/mol. The van der Waals surface area contributed by atoms with Crippen LogP contribution in [0.5, 0.6) is 0 Å². The number of allylic oxidation sites excluding steroid dienone is 2. The molecule has 1 nitrogen and oxygen atoms in total. The fourth-order valence-corrected chi connectivity index (χ4v) is 2.93. The van der Waals surface area contributed by atoms with Crippen molar-refractivity contribution < 1.29 is 0 Å². The summed E-state index contributed by atoms with van der Waals surface area (Å²) < 4.78 is 1.25. The van der Waals surface area contributed by atoms with E-state index in [-0.39, 0.29) is 0 Å². The quantitative estimate of drug-likeness (QED) is 0.589. The van der Waals surface area contributed by atoms with Crippen LogP contribution in [0.4, 0.5) is 0 Å². The molecular weight excluding hydrogens is 262 g/mol. The number of thiazole rings is 1. The zero-order chi connectivity index (χ0) is 13.8. The van der Waals surface area contributed by atoms with Crippen LogP contribution < -0.4 is 0 Å². The molecule has 20 heavy (non-hydrogen) atoms. The lowest BCUT2D eigenvalue weighted by Gasteiger charge is -1.92. The molecule has 2 aromatic carbocycles. The Kier molecular flexibility index (Phi) is 3.75. The largest absolute Gasteiger partial charge is 0.242 e. The fourth-order valence-electron chi connectivity index (χ4n) is 2.06. The van der Waals surface area contributed by atoms with Gasteiger partial charge in [-0.05, 0) is 30.2 Å². The van der Waals surface area contributed by atoms with Gasteiger partial charge in [-0.15, -0.1) is 11.3 Å². The second-order valence-corrected chi connectivity index (χ2v) is 5.82. The van der Waals surface area contributed by atoms with Crippen molar-refractivity contribution in [1.82, 2.24) is 4.98 Å². The second kappa shape index (κ2) is 5.85. The number of benzene rings is 2. The first kappa shape index (κ1) is 12.8. The zero-order valence-electron chi connectivity index (χ0n) is 11.3. The van der Waals surface area contributed by atoms with Gasteiger partial charge in [-0.25, -0.2) is 4.98 Å². The third kappa shape index (κ3) is 3.03. The van der Waals surface area contributed by atoms with Crippen molar-refractivity contribution in [1.29, 1.82) is 0 Å². The monoisotopic (exact) mass is 277 g/mol. The summed E-state index contributed by atoms with van der Waals surface area (Å²) in [6, 6.07) is 16.7. The highest BCUT2D eigenvalue weighted by atomic mass is 32.1. The molecule has 0 bridgehead atoms. The van der Waals surface area contributed by atoms with Crippen molar-refractivity contribution in [3.05, 3.63) is 76.8 Å². The number of nitrogens with zero attached hydrogens (tertiary/aromatic N) is 1. The molecule has 0 saturated heterocycles. The van der Waals surface area contributed by atoms with Crippen molar-refractivity contribution in [3.8, 4) is 0 Å². The SMILES string of the molecule is Cc1nc2ccc(/C=C/C=C\c3ccccc3)cc2s1. The molecule has 0 aliphatic carbocycles. The van der Waals surface area contributed by atoms with Crippen LogP contribution in [-0.2, 0) is 0 Å². The third-order valence-electron chi connectivity index (χ3n) is 3.01. The molecule has 1 aromatic heterocycles. The molecule has 0 atom stereocenters. The van der Waals surface area contributed by atoms with Gasteiger partial charge in [-0.1, -0.05) is 60.7 Å². The molecule has 1 heterocycles. The maximum Gasteiger partial charge on any atom is 0.0907 e. The minimum Gasteiger partial charge on any atom is -0.242 e. The van der Waals surface area contributed by atoms with Gasteiger partial charge in [-0.3, -0.25) is 0 Å². The molecule has 98 valence electrons. The summed E-state index contributed by atoms with van der Waals surface area (Å²) in [5, 5.41) is 1.12. The minimum atomic E-state index is 1.09. The smallest absolute Gasteiger partial charge is 0.0907 e. The standard InChI is InChI=1S/C18H15NS/c1-14-19-17-12-11-16(13-18(17)20-14)10-6-5-9-15-7-3-2-4-8-15/h2-13H,1H3/b9-5-,10-6+. The highest BCUT2D eigenvalue weighted by Crippen LogP contribution is 2.23. The molecule has 0 unspecified atom stereocenters. The molecule has 0 aliphatic rings. The Morgan fingerprint density at radius 2 is 1.65 bits per heavy atom. The summed E-state index contributed by atoms with van der Waals surface area (Å²) in [5.41, 5.74) is 3.51.